The summed E-state index contributed by atoms with van der Waals surface area (Å²) < 4.78 is 12.6. The summed E-state index contributed by atoms with van der Waals surface area (Å²) in [6, 6.07) is 0. The minimum absolute atomic E-state index is 0.0548. The van der Waals surface area contributed by atoms with Crippen molar-refractivity contribution in [2.75, 3.05) is 6.61 Å². The number of hydrogen-bond acceptors (Lipinski definition) is 9. The Balaban J connectivity index is 1.54. The van der Waals surface area contributed by atoms with E-state index in [0.29, 0.717) is 25.7 Å². The van der Waals surface area contributed by atoms with E-state index in [0.717, 1.165) is 25.7 Å². The van der Waals surface area contributed by atoms with Crippen molar-refractivity contribution in [3.05, 3.63) is 11.6 Å². The average molecular weight is 639 g/mol. The Labute approximate surface area is 270 Å². The molecule has 0 bridgehead atoms. The summed E-state index contributed by atoms with van der Waals surface area (Å²) in [5.41, 5.74) is -1.21. The molecule has 1 aliphatic heterocycles. The van der Waals surface area contributed by atoms with Crippen LogP contribution in [-0.2, 0) is 9.47 Å². The van der Waals surface area contributed by atoms with E-state index in [1.165, 1.54) is 5.57 Å². The molecule has 4 saturated carbocycles. The molecule has 5 fully saturated rings. The van der Waals surface area contributed by atoms with Gasteiger partial charge >= 0.3 is 0 Å². The second kappa shape index (κ2) is 12.1. The van der Waals surface area contributed by atoms with Crippen LogP contribution < -0.4 is 0 Å². The molecule has 1 saturated heterocycles. The van der Waals surface area contributed by atoms with Gasteiger partial charge in [-0.1, -0.05) is 46.3 Å². The normalized spacial score (nSPS) is 52.2. The minimum atomic E-state index is -1.54. The topological polar surface area (TPSA) is 160 Å². The van der Waals surface area contributed by atoms with Gasteiger partial charge in [0.2, 0.25) is 0 Å². The van der Waals surface area contributed by atoms with Crippen LogP contribution in [0.15, 0.2) is 11.6 Å². The van der Waals surface area contributed by atoms with Crippen molar-refractivity contribution in [2.24, 2.45) is 45.3 Å². The molecule has 0 aromatic heterocycles. The Morgan fingerprint density at radius 2 is 1.60 bits per heavy atom. The third-order valence-electron chi connectivity index (χ3n) is 14.4. The minimum Gasteiger partial charge on any atom is -0.394 e. The van der Waals surface area contributed by atoms with Crippen LogP contribution in [0.3, 0.4) is 0 Å². The number of allylic oxidation sites excluding steroid dienone is 2. The lowest BCUT2D eigenvalue weighted by Gasteiger charge is -2.72. The molecule has 9 nitrogen and oxygen atoms in total. The Kier molecular flexibility index (Phi) is 9.56. The number of hydrogen-bond donors (Lipinski definition) is 7. The van der Waals surface area contributed by atoms with Crippen molar-refractivity contribution < 1.29 is 45.2 Å². The summed E-state index contributed by atoms with van der Waals surface area (Å²) in [7, 11) is 0. The molecule has 4 aliphatic carbocycles. The standard InChI is InChI=1S/C36H62O9/c1-19(2)10-9-13-36(8,43)20-11-15-34(6)26(20)21(38)16-24-33(5)14-12-25(39)32(3,4)30(33)22(17-35(24,34)7)44-31-29(42)28(41)27(40)23(18-37)45-31/h10,20-31,37-43H,9,11-18H2,1-8H3/t20?,21-,22+,23-,24?,25+,26?,27-,28+,29-,30+,31-,33-,34-,35-,36+/m1/s1. The molecule has 0 aromatic carbocycles. The molecule has 0 radical (unpaired) electrons. The lowest BCUT2D eigenvalue weighted by Crippen LogP contribution is -2.71. The fraction of sp³-hybridized carbons (Fsp3) is 0.944. The molecule has 45 heavy (non-hydrogen) atoms. The quantitative estimate of drug-likeness (QED) is 0.164. The first-order valence-electron chi connectivity index (χ1n) is 17.4. The fourth-order valence-corrected chi connectivity index (χ4v) is 11.9. The van der Waals surface area contributed by atoms with Crippen LogP contribution in [0.4, 0.5) is 0 Å². The molecule has 260 valence electrons. The molecule has 3 unspecified atom stereocenters. The third kappa shape index (κ3) is 5.48. The highest BCUT2D eigenvalue weighted by Crippen LogP contribution is 2.76. The van der Waals surface area contributed by atoms with Crippen LogP contribution in [0.2, 0.25) is 0 Å². The fourth-order valence-electron chi connectivity index (χ4n) is 11.9. The zero-order valence-corrected chi connectivity index (χ0v) is 28.8. The lowest BCUT2D eigenvalue weighted by molar-refractivity contribution is -0.346. The van der Waals surface area contributed by atoms with E-state index in [4.69, 9.17) is 9.47 Å². The largest absolute Gasteiger partial charge is 0.394 e. The Morgan fingerprint density at radius 3 is 2.22 bits per heavy atom. The maximum absolute atomic E-state index is 12.1. The number of aliphatic hydroxyl groups excluding tert-OH is 6. The Bertz CT molecular complexity index is 1100. The van der Waals surface area contributed by atoms with Crippen LogP contribution in [0, 0.1) is 45.3 Å². The number of ether oxygens (including phenoxy) is 2. The van der Waals surface area contributed by atoms with Gasteiger partial charge in [-0.05, 0) is 117 Å². The van der Waals surface area contributed by atoms with Crippen LogP contribution in [0.25, 0.3) is 0 Å². The van der Waals surface area contributed by atoms with Gasteiger partial charge in [-0.2, -0.15) is 0 Å². The van der Waals surface area contributed by atoms with Crippen molar-refractivity contribution in [1.29, 1.82) is 0 Å². The van der Waals surface area contributed by atoms with Crippen molar-refractivity contribution in [3.8, 4) is 0 Å². The van der Waals surface area contributed by atoms with Gasteiger partial charge in [0.25, 0.3) is 0 Å². The van der Waals surface area contributed by atoms with Crippen LogP contribution in [-0.4, -0.2) is 97.0 Å². The van der Waals surface area contributed by atoms with Gasteiger partial charge in [-0.25, -0.2) is 0 Å². The molecule has 0 spiro atoms. The predicted molar refractivity (Wildman–Crippen MR) is 170 cm³/mol. The first-order chi connectivity index (χ1) is 20.8. The lowest BCUT2D eigenvalue weighted by atomic mass is 9.34. The molecular formula is C36H62O9. The van der Waals surface area contributed by atoms with E-state index in [9.17, 15) is 35.7 Å². The molecular weight excluding hydrogens is 576 g/mol. The van der Waals surface area contributed by atoms with Gasteiger partial charge in [0.15, 0.2) is 6.29 Å². The first-order valence-corrected chi connectivity index (χ1v) is 17.4. The maximum Gasteiger partial charge on any atom is 0.186 e. The van der Waals surface area contributed by atoms with Gasteiger partial charge in [0.05, 0.1) is 30.5 Å². The summed E-state index contributed by atoms with van der Waals surface area (Å²) in [6.45, 7) is 16.6. The molecule has 0 amide bonds. The summed E-state index contributed by atoms with van der Waals surface area (Å²) >= 11 is 0. The summed E-state index contributed by atoms with van der Waals surface area (Å²) in [5, 5.41) is 77.2. The van der Waals surface area contributed by atoms with E-state index >= 15 is 0 Å². The van der Waals surface area contributed by atoms with E-state index in [1.807, 2.05) is 6.92 Å². The van der Waals surface area contributed by atoms with E-state index in [1.54, 1.807) is 0 Å². The van der Waals surface area contributed by atoms with Gasteiger partial charge in [-0.15, -0.1) is 0 Å². The SMILES string of the molecule is CC(C)=CCC[C@](C)(O)C1CC[C@]2(C)C1[C@H](O)CC1[C@@]3(C)CC[C@H](O)C(C)(C)[C@@H]3[C@@H](O[C@@H]3O[C@H](CO)[C@@H](O)[C@H](O)[C@H]3O)C[C@]12C. The van der Waals surface area contributed by atoms with Crippen LogP contribution in [0.5, 0.6) is 0 Å². The number of aliphatic hydroxyl groups is 7. The number of rotatable bonds is 7. The highest BCUT2D eigenvalue weighted by Gasteiger charge is 2.73. The summed E-state index contributed by atoms with van der Waals surface area (Å²) in [6.07, 6.45) is -0.603. The second-order valence-corrected chi connectivity index (χ2v) is 17.5. The highest BCUT2D eigenvalue weighted by molar-refractivity contribution is 5.22. The van der Waals surface area contributed by atoms with E-state index in [2.05, 4.69) is 54.5 Å². The van der Waals surface area contributed by atoms with Gasteiger partial charge < -0.3 is 45.2 Å². The molecule has 9 heteroatoms. The Morgan fingerprint density at radius 1 is 0.933 bits per heavy atom. The molecule has 7 N–H and O–H groups in total. The molecule has 1 heterocycles. The average Bonchev–Trinajstić information content (AvgIpc) is 3.33. The van der Waals surface area contributed by atoms with Gasteiger partial charge in [-0.3, -0.25) is 0 Å². The zero-order chi connectivity index (χ0) is 33.5. The molecule has 5 rings (SSSR count). The van der Waals surface area contributed by atoms with Gasteiger partial charge in [0, 0.05) is 0 Å². The van der Waals surface area contributed by atoms with E-state index < -0.39 is 66.6 Å². The summed E-state index contributed by atoms with van der Waals surface area (Å²) in [5.74, 6) is -0.186. The van der Waals surface area contributed by atoms with E-state index in [-0.39, 0.29) is 39.9 Å². The third-order valence-corrected chi connectivity index (χ3v) is 14.4. The van der Waals surface area contributed by atoms with Crippen LogP contribution >= 0.6 is 0 Å². The van der Waals surface area contributed by atoms with Crippen LogP contribution in [0.1, 0.15) is 107 Å². The van der Waals surface area contributed by atoms with Gasteiger partial charge in [0.1, 0.15) is 24.4 Å². The maximum atomic E-state index is 12.1. The summed E-state index contributed by atoms with van der Waals surface area (Å²) in [4.78, 5) is 0. The molecule has 5 aliphatic rings. The van der Waals surface area contributed by atoms with Crippen molar-refractivity contribution >= 4 is 0 Å². The predicted octanol–water partition coefficient (Wildman–Crippen LogP) is 3.30. The Hall–Kier alpha value is -0.620. The smallest absolute Gasteiger partial charge is 0.186 e. The first kappa shape index (κ1) is 35.7. The van der Waals surface area contributed by atoms with Crippen molar-refractivity contribution in [2.45, 2.75) is 161 Å². The molecule has 0 aromatic rings. The molecule has 16 atom stereocenters. The highest BCUT2D eigenvalue weighted by atomic mass is 16.7. The number of fused-ring (bicyclic) bond motifs is 5. The van der Waals surface area contributed by atoms with Crippen molar-refractivity contribution in [3.63, 3.8) is 0 Å². The second-order valence-electron chi connectivity index (χ2n) is 17.5. The van der Waals surface area contributed by atoms with Crippen molar-refractivity contribution in [1.82, 2.24) is 0 Å². The monoisotopic (exact) mass is 638 g/mol. The zero-order valence-electron chi connectivity index (χ0n) is 28.8.